The first-order chi connectivity index (χ1) is 9.05. The summed E-state index contributed by atoms with van der Waals surface area (Å²) in [5, 5.41) is 9.73. The van der Waals surface area contributed by atoms with Gasteiger partial charge in [-0.1, -0.05) is 12.8 Å². The lowest BCUT2D eigenvalue weighted by Gasteiger charge is -2.43. The summed E-state index contributed by atoms with van der Waals surface area (Å²) < 4.78 is 0. The molecule has 1 N–H and O–H groups in total. The van der Waals surface area contributed by atoms with Gasteiger partial charge < -0.3 is 10.0 Å². The quantitative estimate of drug-likeness (QED) is 0.858. The molecule has 3 rings (SSSR count). The van der Waals surface area contributed by atoms with Crippen molar-refractivity contribution in [3.8, 4) is 0 Å². The standard InChI is InChI=1S/C15H21NO2S/c1-15(18)9-16(10-15)14(17)13-8-11-6-4-2-3-5-7-12(11)19-13/h8,18H,2-7,9-10H2,1H3. The lowest BCUT2D eigenvalue weighted by atomic mass is 9.96. The molecule has 1 fully saturated rings. The van der Waals surface area contributed by atoms with E-state index < -0.39 is 5.60 Å². The number of carbonyl (C=O) groups excluding carboxylic acids is 1. The van der Waals surface area contributed by atoms with Gasteiger partial charge in [0.25, 0.3) is 5.91 Å². The smallest absolute Gasteiger partial charge is 0.264 e. The molecule has 1 amide bonds. The molecule has 3 nitrogen and oxygen atoms in total. The van der Waals surface area contributed by atoms with Crippen LogP contribution < -0.4 is 0 Å². The number of carbonyl (C=O) groups is 1. The number of nitrogens with zero attached hydrogens (tertiary/aromatic N) is 1. The van der Waals surface area contributed by atoms with E-state index in [0.29, 0.717) is 13.1 Å². The predicted molar refractivity (Wildman–Crippen MR) is 76.7 cm³/mol. The molecule has 0 aromatic carbocycles. The van der Waals surface area contributed by atoms with Gasteiger partial charge >= 0.3 is 0 Å². The SMILES string of the molecule is CC1(O)CN(C(=O)c2cc3c(s2)CCCCCC3)C1. The Bertz CT molecular complexity index is 459. The number of thiophene rings is 1. The molecule has 0 radical (unpaired) electrons. The molecule has 1 aliphatic heterocycles. The highest BCUT2D eigenvalue weighted by Gasteiger charge is 2.40. The third-order valence-electron chi connectivity index (χ3n) is 4.06. The van der Waals surface area contributed by atoms with Crippen LogP contribution in [0.1, 0.15) is 52.7 Å². The minimum Gasteiger partial charge on any atom is -0.386 e. The summed E-state index contributed by atoms with van der Waals surface area (Å²) in [5.74, 6) is 0.100. The second-order valence-electron chi connectivity index (χ2n) is 6.13. The van der Waals surface area contributed by atoms with E-state index in [1.54, 1.807) is 23.2 Å². The number of amides is 1. The van der Waals surface area contributed by atoms with Gasteiger partial charge in [0.05, 0.1) is 23.6 Å². The molecule has 4 heteroatoms. The number of aryl methyl sites for hydroxylation is 2. The van der Waals surface area contributed by atoms with Gasteiger partial charge in [-0.3, -0.25) is 4.79 Å². The van der Waals surface area contributed by atoms with Gasteiger partial charge in [0.2, 0.25) is 0 Å². The Labute approximate surface area is 118 Å². The summed E-state index contributed by atoms with van der Waals surface area (Å²) in [6.45, 7) is 2.72. The van der Waals surface area contributed by atoms with Gasteiger partial charge in [0, 0.05) is 4.88 Å². The minimum absolute atomic E-state index is 0.100. The fourth-order valence-corrected chi connectivity index (χ4v) is 4.25. The van der Waals surface area contributed by atoms with Crippen LogP contribution in [0.15, 0.2) is 6.07 Å². The Morgan fingerprint density at radius 1 is 1.26 bits per heavy atom. The lowest BCUT2D eigenvalue weighted by Crippen LogP contribution is -2.61. The number of rotatable bonds is 1. The van der Waals surface area contributed by atoms with Crippen LogP contribution in [0, 0.1) is 0 Å². The van der Waals surface area contributed by atoms with E-state index in [2.05, 4.69) is 6.07 Å². The monoisotopic (exact) mass is 279 g/mol. The number of hydrogen-bond acceptors (Lipinski definition) is 3. The maximum Gasteiger partial charge on any atom is 0.264 e. The van der Waals surface area contributed by atoms with E-state index in [4.69, 9.17) is 0 Å². The molecular formula is C15H21NO2S. The van der Waals surface area contributed by atoms with Gasteiger partial charge in [-0.15, -0.1) is 11.3 Å². The predicted octanol–water partition coefficient (Wildman–Crippen LogP) is 2.61. The molecule has 1 aromatic heterocycles. The summed E-state index contributed by atoms with van der Waals surface area (Å²) in [5.41, 5.74) is 0.710. The highest BCUT2D eigenvalue weighted by molar-refractivity contribution is 7.14. The Kier molecular flexibility index (Phi) is 3.39. The van der Waals surface area contributed by atoms with Gasteiger partial charge in [-0.2, -0.15) is 0 Å². The number of hydrogen-bond donors (Lipinski definition) is 1. The van der Waals surface area contributed by atoms with Crippen LogP contribution in [0.4, 0.5) is 0 Å². The van der Waals surface area contributed by atoms with Gasteiger partial charge in [0.1, 0.15) is 0 Å². The second-order valence-corrected chi connectivity index (χ2v) is 7.27. The molecule has 1 saturated heterocycles. The third-order valence-corrected chi connectivity index (χ3v) is 5.28. The Morgan fingerprint density at radius 2 is 1.95 bits per heavy atom. The van der Waals surface area contributed by atoms with Crippen molar-refractivity contribution in [1.29, 1.82) is 0 Å². The van der Waals surface area contributed by atoms with Crippen LogP contribution in [0.3, 0.4) is 0 Å². The summed E-state index contributed by atoms with van der Waals surface area (Å²) in [4.78, 5) is 16.4. The van der Waals surface area contributed by atoms with Crippen LogP contribution in [-0.2, 0) is 12.8 Å². The maximum atomic E-state index is 12.3. The van der Waals surface area contributed by atoms with Crippen LogP contribution in [0.5, 0.6) is 0 Å². The summed E-state index contributed by atoms with van der Waals surface area (Å²) >= 11 is 1.67. The fourth-order valence-electron chi connectivity index (χ4n) is 3.03. The number of aliphatic hydroxyl groups is 1. The Morgan fingerprint density at radius 3 is 2.63 bits per heavy atom. The van der Waals surface area contributed by atoms with Crippen LogP contribution >= 0.6 is 11.3 Å². The van der Waals surface area contributed by atoms with Crippen molar-refractivity contribution in [2.45, 2.75) is 51.0 Å². The zero-order chi connectivity index (χ0) is 13.5. The van der Waals surface area contributed by atoms with Crippen molar-refractivity contribution in [3.05, 3.63) is 21.4 Å². The molecule has 2 heterocycles. The number of likely N-dealkylation sites (tertiary alicyclic amines) is 1. The summed E-state index contributed by atoms with van der Waals surface area (Å²) in [7, 11) is 0. The van der Waals surface area contributed by atoms with Crippen molar-refractivity contribution in [2.24, 2.45) is 0 Å². The molecule has 0 saturated carbocycles. The minimum atomic E-state index is -0.679. The largest absolute Gasteiger partial charge is 0.386 e. The molecular weight excluding hydrogens is 258 g/mol. The average Bonchev–Trinajstić information content (AvgIpc) is 2.67. The van der Waals surface area contributed by atoms with E-state index in [1.165, 1.54) is 36.1 Å². The lowest BCUT2D eigenvalue weighted by molar-refractivity contribution is -0.0667. The van der Waals surface area contributed by atoms with Gasteiger partial charge in [-0.05, 0) is 44.2 Å². The van der Waals surface area contributed by atoms with Crippen LogP contribution in [0.2, 0.25) is 0 Å². The highest BCUT2D eigenvalue weighted by atomic mass is 32.1. The third kappa shape index (κ3) is 2.70. The molecule has 1 aromatic rings. The summed E-state index contributed by atoms with van der Waals surface area (Å²) in [6, 6.07) is 2.10. The van der Waals surface area contributed by atoms with Crippen molar-refractivity contribution in [2.75, 3.05) is 13.1 Å². The highest BCUT2D eigenvalue weighted by Crippen LogP contribution is 2.31. The van der Waals surface area contributed by atoms with Gasteiger partial charge in [-0.25, -0.2) is 0 Å². The fraction of sp³-hybridized carbons (Fsp3) is 0.667. The van der Waals surface area contributed by atoms with Crippen molar-refractivity contribution >= 4 is 17.2 Å². The van der Waals surface area contributed by atoms with E-state index in [-0.39, 0.29) is 5.91 Å². The Balaban J connectivity index is 1.75. The first kappa shape index (κ1) is 13.1. The van der Waals surface area contributed by atoms with E-state index >= 15 is 0 Å². The van der Waals surface area contributed by atoms with E-state index in [9.17, 15) is 9.90 Å². The topological polar surface area (TPSA) is 40.5 Å². The van der Waals surface area contributed by atoms with Crippen LogP contribution in [-0.4, -0.2) is 34.6 Å². The first-order valence-electron chi connectivity index (χ1n) is 7.18. The maximum absolute atomic E-state index is 12.3. The van der Waals surface area contributed by atoms with Crippen molar-refractivity contribution < 1.29 is 9.90 Å². The van der Waals surface area contributed by atoms with Crippen LogP contribution in [0.25, 0.3) is 0 Å². The second kappa shape index (κ2) is 4.91. The molecule has 0 bridgehead atoms. The van der Waals surface area contributed by atoms with E-state index in [1.807, 2.05) is 0 Å². The first-order valence-corrected chi connectivity index (χ1v) is 8.00. The van der Waals surface area contributed by atoms with Crippen molar-refractivity contribution in [1.82, 2.24) is 4.90 Å². The van der Waals surface area contributed by atoms with Gasteiger partial charge in [0.15, 0.2) is 0 Å². The molecule has 2 aliphatic rings. The number of fused-ring (bicyclic) bond motifs is 1. The zero-order valence-electron chi connectivity index (χ0n) is 11.4. The van der Waals surface area contributed by atoms with E-state index in [0.717, 1.165) is 17.7 Å². The molecule has 0 spiro atoms. The Hall–Kier alpha value is -0.870. The zero-order valence-corrected chi connectivity index (χ0v) is 12.3. The normalized spacial score (nSPS) is 22.1. The average molecular weight is 279 g/mol. The molecule has 0 unspecified atom stereocenters. The summed E-state index contributed by atoms with van der Waals surface area (Å²) in [6.07, 6.45) is 7.38. The molecule has 1 aliphatic carbocycles. The van der Waals surface area contributed by atoms with Crippen molar-refractivity contribution in [3.63, 3.8) is 0 Å². The number of β-amino-alcohol motifs (C(OH)–C–C–N with tert-alkyl or cyclic N) is 1. The molecule has 104 valence electrons. The molecule has 19 heavy (non-hydrogen) atoms. The molecule has 0 atom stereocenters.